The number of amides is 1. The van der Waals surface area contributed by atoms with Gasteiger partial charge in [-0.05, 0) is 6.92 Å². The van der Waals surface area contributed by atoms with Crippen LogP contribution in [0.5, 0.6) is 0 Å². The topological polar surface area (TPSA) is 38.1 Å². The minimum Gasteiger partial charge on any atom is -0.344 e. The number of aromatic nitrogens is 2. The molecule has 0 saturated carbocycles. The van der Waals surface area contributed by atoms with Crippen LogP contribution in [-0.2, 0) is 17.2 Å². The molecule has 1 amide bonds. The average molecular weight is 216 g/mol. The second kappa shape index (κ2) is 5.00. The molecule has 5 heteroatoms. The first-order valence-electron chi connectivity index (χ1n) is 4.48. The van der Waals surface area contributed by atoms with Crippen molar-refractivity contribution in [1.82, 2.24) is 14.5 Å². The third-order valence-electron chi connectivity index (χ3n) is 2.14. The van der Waals surface area contributed by atoms with Crippen molar-refractivity contribution in [2.24, 2.45) is 0 Å². The highest BCUT2D eigenvalue weighted by molar-refractivity contribution is 6.16. The van der Waals surface area contributed by atoms with Gasteiger partial charge in [0.15, 0.2) is 0 Å². The van der Waals surface area contributed by atoms with E-state index in [2.05, 4.69) is 4.98 Å². The lowest BCUT2D eigenvalue weighted by Gasteiger charge is -2.15. The third kappa shape index (κ3) is 2.48. The summed E-state index contributed by atoms with van der Waals surface area (Å²) in [6.07, 6.45) is 3.30. The lowest BCUT2D eigenvalue weighted by Crippen LogP contribution is -2.30. The highest BCUT2D eigenvalue weighted by Gasteiger charge is 2.09. The van der Waals surface area contributed by atoms with E-state index in [1.54, 1.807) is 29.0 Å². The van der Waals surface area contributed by atoms with Crippen LogP contribution in [0.2, 0.25) is 0 Å². The van der Waals surface area contributed by atoms with E-state index in [0.29, 0.717) is 19.0 Å². The number of rotatable bonds is 4. The Labute approximate surface area is 88.5 Å². The fourth-order valence-corrected chi connectivity index (χ4v) is 1.27. The Kier molecular flexibility index (Phi) is 3.95. The summed E-state index contributed by atoms with van der Waals surface area (Å²) >= 11 is 5.68. The molecule has 1 aromatic heterocycles. The van der Waals surface area contributed by atoms with Crippen LogP contribution >= 0.6 is 11.6 Å². The second-order valence-electron chi connectivity index (χ2n) is 3.05. The van der Waals surface area contributed by atoms with Gasteiger partial charge in [0.1, 0.15) is 6.54 Å². The predicted molar refractivity (Wildman–Crippen MR) is 55.1 cm³/mol. The summed E-state index contributed by atoms with van der Waals surface area (Å²) in [4.78, 5) is 17.1. The minimum absolute atomic E-state index is 0.0665. The quantitative estimate of drug-likeness (QED) is 0.706. The molecule has 4 nitrogen and oxygen atoms in total. The maximum atomic E-state index is 11.5. The van der Waals surface area contributed by atoms with Gasteiger partial charge in [0.05, 0.1) is 17.9 Å². The molecule has 0 aliphatic heterocycles. The van der Waals surface area contributed by atoms with Gasteiger partial charge in [-0.25, -0.2) is 4.98 Å². The van der Waals surface area contributed by atoms with Crippen LogP contribution in [0.4, 0.5) is 0 Å². The lowest BCUT2D eigenvalue weighted by molar-refractivity contribution is -0.130. The highest BCUT2D eigenvalue weighted by atomic mass is 35.5. The van der Waals surface area contributed by atoms with E-state index >= 15 is 0 Å². The van der Waals surface area contributed by atoms with E-state index < -0.39 is 0 Å². The molecule has 0 aliphatic carbocycles. The van der Waals surface area contributed by atoms with E-state index in [0.717, 1.165) is 5.69 Å². The Balaban J connectivity index is 2.64. The van der Waals surface area contributed by atoms with Gasteiger partial charge in [-0.1, -0.05) is 0 Å². The number of hydrogen-bond acceptors (Lipinski definition) is 2. The second-order valence-corrected chi connectivity index (χ2v) is 3.32. The van der Waals surface area contributed by atoms with E-state index in [-0.39, 0.29) is 5.91 Å². The van der Waals surface area contributed by atoms with E-state index in [4.69, 9.17) is 11.6 Å². The van der Waals surface area contributed by atoms with Gasteiger partial charge in [0, 0.05) is 19.8 Å². The zero-order valence-electron chi connectivity index (χ0n) is 8.40. The molecule has 0 unspecified atom stereocenters. The van der Waals surface area contributed by atoms with Gasteiger partial charge in [0.25, 0.3) is 0 Å². The smallest absolute Gasteiger partial charge is 0.242 e. The number of hydrogen-bond donors (Lipinski definition) is 0. The molecule has 78 valence electrons. The van der Waals surface area contributed by atoms with Gasteiger partial charge in [0.2, 0.25) is 5.91 Å². The fourth-order valence-electron chi connectivity index (χ4n) is 1.04. The molecule has 0 saturated heterocycles. The van der Waals surface area contributed by atoms with Crippen LogP contribution < -0.4 is 0 Å². The molecule has 1 aromatic rings. The molecule has 0 bridgehead atoms. The number of halogens is 1. The molecule has 0 aromatic carbocycles. The minimum atomic E-state index is 0.0665. The van der Waals surface area contributed by atoms with Crippen LogP contribution in [-0.4, -0.2) is 34.0 Å². The molecular weight excluding hydrogens is 202 g/mol. The van der Waals surface area contributed by atoms with Crippen LogP contribution in [0, 0.1) is 0 Å². The predicted octanol–water partition coefficient (Wildman–Crippen LogP) is 1.10. The molecule has 0 spiro atoms. The first-order chi connectivity index (χ1) is 6.69. The molecule has 0 N–H and O–H groups in total. The first kappa shape index (κ1) is 11.0. The summed E-state index contributed by atoms with van der Waals surface area (Å²) in [6, 6.07) is 0. The standard InChI is InChI=1S/C9H14ClN3O/c1-3-12(2)9(14)6-13-7-11-5-8(13)4-10/h5,7H,3-4,6H2,1-2H3. The molecule has 0 atom stereocenters. The van der Waals surface area contributed by atoms with Crippen LogP contribution in [0.1, 0.15) is 12.6 Å². The zero-order valence-corrected chi connectivity index (χ0v) is 9.16. The number of likely N-dealkylation sites (N-methyl/N-ethyl adjacent to an activating group) is 1. The Bertz CT molecular complexity index is 311. The van der Waals surface area contributed by atoms with Gasteiger partial charge < -0.3 is 9.47 Å². The summed E-state index contributed by atoms with van der Waals surface area (Å²) < 4.78 is 1.77. The summed E-state index contributed by atoms with van der Waals surface area (Å²) in [7, 11) is 1.78. The molecule has 1 heterocycles. The average Bonchev–Trinajstić information content (AvgIpc) is 2.63. The highest BCUT2D eigenvalue weighted by Crippen LogP contribution is 2.03. The number of nitrogens with zero attached hydrogens (tertiary/aromatic N) is 3. The van der Waals surface area contributed by atoms with Gasteiger partial charge in [-0.15, -0.1) is 11.6 Å². The molecule has 1 rings (SSSR count). The van der Waals surface area contributed by atoms with Crippen molar-refractivity contribution in [3.05, 3.63) is 18.2 Å². The van der Waals surface area contributed by atoms with Gasteiger partial charge >= 0.3 is 0 Å². The van der Waals surface area contributed by atoms with Crippen molar-refractivity contribution in [1.29, 1.82) is 0 Å². The van der Waals surface area contributed by atoms with Crippen LogP contribution in [0.25, 0.3) is 0 Å². The van der Waals surface area contributed by atoms with Crippen LogP contribution in [0.15, 0.2) is 12.5 Å². The Morgan fingerprint density at radius 3 is 3.00 bits per heavy atom. The number of carbonyl (C=O) groups is 1. The van der Waals surface area contributed by atoms with E-state index in [1.807, 2.05) is 6.92 Å². The molecular formula is C9H14ClN3O. The van der Waals surface area contributed by atoms with Gasteiger partial charge in [-0.2, -0.15) is 0 Å². The fraction of sp³-hybridized carbons (Fsp3) is 0.556. The number of alkyl halides is 1. The van der Waals surface area contributed by atoms with Crippen molar-refractivity contribution in [2.45, 2.75) is 19.3 Å². The van der Waals surface area contributed by atoms with Crippen molar-refractivity contribution in [3.63, 3.8) is 0 Å². The summed E-state index contributed by atoms with van der Waals surface area (Å²) in [5.74, 6) is 0.445. The maximum Gasteiger partial charge on any atom is 0.242 e. The Hall–Kier alpha value is -1.03. The van der Waals surface area contributed by atoms with Crippen LogP contribution in [0.3, 0.4) is 0 Å². The first-order valence-corrected chi connectivity index (χ1v) is 5.01. The Morgan fingerprint density at radius 2 is 2.43 bits per heavy atom. The summed E-state index contributed by atoms with van der Waals surface area (Å²) in [6.45, 7) is 2.96. The zero-order chi connectivity index (χ0) is 10.6. The molecule has 0 fully saturated rings. The van der Waals surface area contributed by atoms with Crippen molar-refractivity contribution < 1.29 is 4.79 Å². The van der Waals surface area contributed by atoms with Crippen molar-refractivity contribution in [3.8, 4) is 0 Å². The molecule has 14 heavy (non-hydrogen) atoms. The van der Waals surface area contributed by atoms with Crippen molar-refractivity contribution >= 4 is 17.5 Å². The third-order valence-corrected chi connectivity index (χ3v) is 2.41. The maximum absolute atomic E-state index is 11.5. The normalized spacial score (nSPS) is 10.2. The number of imidazole rings is 1. The summed E-state index contributed by atoms with van der Waals surface area (Å²) in [5, 5.41) is 0. The van der Waals surface area contributed by atoms with E-state index in [1.165, 1.54) is 0 Å². The largest absolute Gasteiger partial charge is 0.344 e. The summed E-state index contributed by atoms with van der Waals surface area (Å²) in [5.41, 5.74) is 0.865. The van der Waals surface area contributed by atoms with Crippen molar-refractivity contribution in [2.75, 3.05) is 13.6 Å². The SMILES string of the molecule is CCN(C)C(=O)Cn1cncc1CCl. The monoisotopic (exact) mass is 215 g/mol. The van der Waals surface area contributed by atoms with E-state index in [9.17, 15) is 4.79 Å². The Morgan fingerprint density at radius 1 is 1.71 bits per heavy atom. The van der Waals surface area contributed by atoms with Gasteiger partial charge in [-0.3, -0.25) is 4.79 Å². The lowest BCUT2D eigenvalue weighted by atomic mass is 10.4. The number of carbonyl (C=O) groups excluding carboxylic acids is 1. The molecule has 0 aliphatic rings. The molecule has 0 radical (unpaired) electrons.